The Labute approximate surface area is 175 Å². The van der Waals surface area contributed by atoms with Gasteiger partial charge in [-0.2, -0.15) is 0 Å². The van der Waals surface area contributed by atoms with Crippen LogP contribution in [0.1, 0.15) is 54.4 Å². The van der Waals surface area contributed by atoms with Gasteiger partial charge in [0.1, 0.15) is 0 Å². The number of likely N-dealkylation sites (tertiary alicyclic amines) is 1. The van der Waals surface area contributed by atoms with E-state index < -0.39 is 0 Å². The number of hydrogen-bond acceptors (Lipinski definition) is 5. The lowest BCUT2D eigenvalue weighted by Gasteiger charge is -2.55. The summed E-state index contributed by atoms with van der Waals surface area (Å²) in [5.74, 6) is 0.833. The van der Waals surface area contributed by atoms with Crippen LogP contribution in [-0.4, -0.2) is 114 Å². The number of hydrogen-bond donors (Lipinski definition) is 0. The number of likely N-dealkylation sites (N-methyl/N-ethyl adjacent to an activating group) is 1. The Bertz CT molecular complexity index is 479. The quantitative estimate of drug-likeness (QED) is 0.711. The fourth-order valence-corrected chi connectivity index (χ4v) is 5.76. The normalized spacial score (nSPS) is 27.0. The van der Waals surface area contributed by atoms with Gasteiger partial charge in [-0.15, -0.1) is 0 Å². The van der Waals surface area contributed by atoms with E-state index in [0.717, 1.165) is 5.92 Å². The van der Waals surface area contributed by atoms with Gasteiger partial charge < -0.3 is 9.80 Å². The molecule has 0 aliphatic carbocycles. The van der Waals surface area contributed by atoms with Crippen LogP contribution in [0.3, 0.4) is 0 Å². The molecule has 164 valence electrons. The Balaban J connectivity index is 1.53. The van der Waals surface area contributed by atoms with Crippen molar-refractivity contribution in [3.8, 4) is 0 Å². The van der Waals surface area contributed by atoms with E-state index in [2.05, 4.69) is 73.1 Å². The van der Waals surface area contributed by atoms with Gasteiger partial charge >= 0.3 is 0 Å². The summed E-state index contributed by atoms with van der Waals surface area (Å²) in [5.41, 5.74) is 0.507. The Kier molecular flexibility index (Phi) is 7.14. The highest BCUT2D eigenvalue weighted by atomic mass is 15.4. The standard InChI is InChI=1S/C23H47N5/c1-20(2)25-10-8-21(9-11-25)22(3,4)26-16-18-28(19-17-26)23(5,6)27-14-12-24(7)13-15-27/h20-21H,8-19H2,1-7H3. The van der Waals surface area contributed by atoms with Crippen LogP contribution in [0, 0.1) is 5.92 Å². The first kappa shape index (κ1) is 22.5. The highest BCUT2D eigenvalue weighted by Gasteiger charge is 2.42. The lowest BCUT2D eigenvalue weighted by atomic mass is 9.78. The molecule has 3 heterocycles. The average Bonchev–Trinajstić information content (AvgIpc) is 2.68. The second kappa shape index (κ2) is 8.89. The molecule has 3 aliphatic rings. The molecule has 0 radical (unpaired) electrons. The van der Waals surface area contributed by atoms with E-state index in [1.165, 1.54) is 78.3 Å². The maximum atomic E-state index is 2.80. The van der Waals surface area contributed by atoms with E-state index in [-0.39, 0.29) is 5.66 Å². The zero-order chi connectivity index (χ0) is 20.5. The van der Waals surface area contributed by atoms with Crippen molar-refractivity contribution in [1.29, 1.82) is 0 Å². The number of rotatable bonds is 5. The minimum atomic E-state index is 0.181. The van der Waals surface area contributed by atoms with Crippen molar-refractivity contribution in [1.82, 2.24) is 24.5 Å². The summed E-state index contributed by atoms with van der Waals surface area (Å²) in [4.78, 5) is 13.4. The molecule has 0 N–H and O–H groups in total. The molecular weight excluding hydrogens is 346 g/mol. The SMILES string of the molecule is CC(C)N1CCC(C(C)(C)N2CCN(C(C)(C)N3CCN(C)CC3)CC2)CC1. The van der Waals surface area contributed by atoms with Gasteiger partial charge in [-0.1, -0.05) is 0 Å². The van der Waals surface area contributed by atoms with Gasteiger partial charge in [-0.05, 0) is 80.4 Å². The lowest BCUT2D eigenvalue weighted by molar-refractivity contribution is -0.0899. The predicted octanol–water partition coefficient (Wildman–Crippen LogP) is 2.49. The molecule has 3 fully saturated rings. The van der Waals surface area contributed by atoms with Crippen LogP contribution < -0.4 is 0 Å². The van der Waals surface area contributed by atoms with Crippen molar-refractivity contribution in [3.05, 3.63) is 0 Å². The Morgan fingerprint density at radius 2 is 1.07 bits per heavy atom. The monoisotopic (exact) mass is 393 g/mol. The fraction of sp³-hybridized carbons (Fsp3) is 1.00. The fourth-order valence-electron chi connectivity index (χ4n) is 5.76. The molecular formula is C23H47N5. The van der Waals surface area contributed by atoms with Gasteiger partial charge in [-0.3, -0.25) is 14.7 Å². The molecule has 0 aromatic rings. The molecule has 0 aromatic carbocycles. The summed E-state index contributed by atoms with van der Waals surface area (Å²) in [7, 11) is 2.25. The molecule has 28 heavy (non-hydrogen) atoms. The maximum absolute atomic E-state index is 2.80. The lowest BCUT2D eigenvalue weighted by Crippen LogP contribution is -2.67. The second-order valence-corrected chi connectivity index (χ2v) is 10.8. The summed E-state index contributed by atoms with van der Waals surface area (Å²) in [6, 6.07) is 0.699. The van der Waals surface area contributed by atoms with Crippen molar-refractivity contribution in [2.75, 3.05) is 72.5 Å². The zero-order valence-electron chi connectivity index (χ0n) is 19.9. The van der Waals surface area contributed by atoms with E-state index in [1.807, 2.05) is 0 Å². The molecule has 0 spiro atoms. The molecule has 0 amide bonds. The molecule has 0 saturated carbocycles. The maximum Gasteiger partial charge on any atom is 0.0681 e. The van der Waals surface area contributed by atoms with Gasteiger partial charge in [0.2, 0.25) is 0 Å². The zero-order valence-corrected chi connectivity index (χ0v) is 19.9. The van der Waals surface area contributed by atoms with Crippen LogP contribution in [0.4, 0.5) is 0 Å². The van der Waals surface area contributed by atoms with Gasteiger partial charge in [0.25, 0.3) is 0 Å². The Morgan fingerprint density at radius 1 is 0.643 bits per heavy atom. The van der Waals surface area contributed by atoms with Gasteiger partial charge in [0.05, 0.1) is 5.66 Å². The van der Waals surface area contributed by atoms with Gasteiger partial charge in [0, 0.05) is 63.9 Å². The molecule has 0 unspecified atom stereocenters. The van der Waals surface area contributed by atoms with Crippen LogP contribution in [0.15, 0.2) is 0 Å². The third-order valence-corrected chi connectivity index (χ3v) is 8.40. The predicted molar refractivity (Wildman–Crippen MR) is 120 cm³/mol. The summed E-state index contributed by atoms with van der Waals surface area (Å²) in [6.45, 7) is 26.8. The molecule has 3 aliphatic heterocycles. The van der Waals surface area contributed by atoms with E-state index in [4.69, 9.17) is 0 Å². The summed E-state index contributed by atoms with van der Waals surface area (Å²) >= 11 is 0. The largest absolute Gasteiger partial charge is 0.304 e. The topological polar surface area (TPSA) is 16.2 Å². The van der Waals surface area contributed by atoms with E-state index in [1.54, 1.807) is 0 Å². The average molecular weight is 394 g/mol. The van der Waals surface area contributed by atoms with Crippen molar-refractivity contribution in [2.45, 2.75) is 71.6 Å². The van der Waals surface area contributed by atoms with E-state index in [0.29, 0.717) is 11.6 Å². The molecule has 3 saturated heterocycles. The first-order chi connectivity index (χ1) is 13.1. The first-order valence-electron chi connectivity index (χ1n) is 11.8. The Morgan fingerprint density at radius 3 is 1.54 bits per heavy atom. The summed E-state index contributed by atoms with van der Waals surface area (Å²) < 4.78 is 0. The molecule has 0 aromatic heterocycles. The number of piperidine rings is 1. The van der Waals surface area contributed by atoms with E-state index in [9.17, 15) is 0 Å². The minimum Gasteiger partial charge on any atom is -0.304 e. The highest BCUT2D eigenvalue weighted by molar-refractivity contribution is 4.96. The number of piperazine rings is 2. The molecule has 5 heteroatoms. The summed E-state index contributed by atoms with van der Waals surface area (Å²) in [5, 5.41) is 0. The summed E-state index contributed by atoms with van der Waals surface area (Å²) in [6.07, 6.45) is 2.72. The van der Waals surface area contributed by atoms with Crippen molar-refractivity contribution in [2.24, 2.45) is 5.92 Å². The smallest absolute Gasteiger partial charge is 0.0681 e. The van der Waals surface area contributed by atoms with Crippen molar-refractivity contribution < 1.29 is 0 Å². The van der Waals surface area contributed by atoms with E-state index >= 15 is 0 Å². The van der Waals surface area contributed by atoms with Crippen molar-refractivity contribution in [3.63, 3.8) is 0 Å². The number of nitrogens with zero attached hydrogens (tertiary/aromatic N) is 5. The highest BCUT2D eigenvalue weighted by Crippen LogP contribution is 2.35. The first-order valence-corrected chi connectivity index (χ1v) is 11.8. The van der Waals surface area contributed by atoms with Crippen LogP contribution in [0.5, 0.6) is 0 Å². The second-order valence-electron chi connectivity index (χ2n) is 10.8. The van der Waals surface area contributed by atoms with Gasteiger partial charge in [0.15, 0.2) is 0 Å². The molecule has 0 bridgehead atoms. The van der Waals surface area contributed by atoms with Crippen molar-refractivity contribution >= 4 is 0 Å². The van der Waals surface area contributed by atoms with Crippen LogP contribution in [0.25, 0.3) is 0 Å². The molecule has 3 rings (SSSR count). The van der Waals surface area contributed by atoms with Crippen LogP contribution in [-0.2, 0) is 0 Å². The van der Waals surface area contributed by atoms with Crippen LogP contribution in [0.2, 0.25) is 0 Å². The third-order valence-electron chi connectivity index (χ3n) is 8.40. The third kappa shape index (κ3) is 4.75. The van der Waals surface area contributed by atoms with Crippen LogP contribution >= 0.6 is 0 Å². The minimum absolute atomic E-state index is 0.181. The van der Waals surface area contributed by atoms with Gasteiger partial charge in [-0.25, -0.2) is 0 Å². The molecule has 0 atom stereocenters. The Hall–Kier alpha value is -0.200. The molecule has 5 nitrogen and oxygen atoms in total.